The molecular weight excluding hydrogens is 314 g/mol. The highest BCUT2D eigenvalue weighted by atomic mass is 32.2. The van der Waals surface area contributed by atoms with E-state index in [4.69, 9.17) is 5.26 Å². The molecule has 6 heteroatoms. The molecule has 108 valence electrons. The van der Waals surface area contributed by atoms with Crippen LogP contribution in [-0.4, -0.2) is 16.6 Å². The van der Waals surface area contributed by atoms with Gasteiger partial charge in [0.2, 0.25) is 0 Å². The molecule has 1 N–H and O–H groups in total. The van der Waals surface area contributed by atoms with E-state index in [-0.39, 0.29) is 5.91 Å². The summed E-state index contributed by atoms with van der Waals surface area (Å²) in [7, 11) is 0. The minimum Gasteiger partial charge on any atom is -0.322 e. The van der Waals surface area contributed by atoms with Crippen molar-refractivity contribution in [3.8, 4) is 6.07 Å². The van der Waals surface area contributed by atoms with Crippen molar-refractivity contribution >= 4 is 44.9 Å². The van der Waals surface area contributed by atoms with Crippen molar-refractivity contribution in [3.63, 3.8) is 0 Å². The van der Waals surface area contributed by atoms with E-state index in [1.54, 1.807) is 12.1 Å². The second-order valence-electron chi connectivity index (χ2n) is 4.43. The highest BCUT2D eigenvalue weighted by Crippen LogP contribution is 2.31. The minimum atomic E-state index is -0.136. The number of amides is 1. The summed E-state index contributed by atoms with van der Waals surface area (Å²) in [5.74, 6) is 0.251. The Morgan fingerprint density at radius 3 is 2.86 bits per heavy atom. The smallest absolute Gasteiger partial charge is 0.255 e. The normalized spacial score (nSPS) is 10.3. The van der Waals surface area contributed by atoms with Gasteiger partial charge in [-0.1, -0.05) is 30.0 Å². The number of hydrogen-bond donors (Lipinski definition) is 1. The zero-order valence-corrected chi connectivity index (χ0v) is 13.1. The lowest BCUT2D eigenvalue weighted by Gasteiger charge is -2.04. The van der Waals surface area contributed by atoms with Crippen molar-refractivity contribution in [2.75, 3.05) is 11.1 Å². The molecule has 1 amide bonds. The maximum Gasteiger partial charge on any atom is 0.255 e. The molecule has 0 spiro atoms. The molecule has 1 heterocycles. The SMILES string of the molecule is N#CCSc1nc2ccc(NC(=O)c3ccccc3)cc2s1. The molecule has 22 heavy (non-hydrogen) atoms. The van der Waals surface area contributed by atoms with Gasteiger partial charge in [0.05, 0.1) is 22.0 Å². The number of hydrogen-bond acceptors (Lipinski definition) is 5. The minimum absolute atomic E-state index is 0.136. The van der Waals surface area contributed by atoms with Crippen molar-refractivity contribution in [2.24, 2.45) is 0 Å². The van der Waals surface area contributed by atoms with Gasteiger partial charge >= 0.3 is 0 Å². The number of anilines is 1. The average Bonchev–Trinajstić information content (AvgIpc) is 2.95. The first kappa shape index (κ1) is 14.6. The van der Waals surface area contributed by atoms with Crippen LogP contribution in [0.5, 0.6) is 0 Å². The fourth-order valence-electron chi connectivity index (χ4n) is 1.93. The molecule has 3 rings (SSSR count). The second kappa shape index (κ2) is 6.60. The van der Waals surface area contributed by atoms with E-state index in [1.165, 1.54) is 23.1 Å². The molecule has 0 radical (unpaired) electrons. The van der Waals surface area contributed by atoms with Gasteiger partial charge in [-0.3, -0.25) is 4.79 Å². The zero-order valence-electron chi connectivity index (χ0n) is 11.4. The molecule has 0 aliphatic heterocycles. The van der Waals surface area contributed by atoms with Gasteiger partial charge in [-0.25, -0.2) is 4.98 Å². The molecule has 0 unspecified atom stereocenters. The predicted octanol–water partition coefficient (Wildman–Crippen LogP) is 4.16. The number of thioether (sulfide) groups is 1. The van der Waals surface area contributed by atoms with Crippen molar-refractivity contribution < 1.29 is 4.79 Å². The molecule has 0 aliphatic carbocycles. The number of nitrogens with one attached hydrogen (secondary N) is 1. The Balaban J connectivity index is 1.80. The van der Waals surface area contributed by atoms with E-state index >= 15 is 0 Å². The summed E-state index contributed by atoms with van der Waals surface area (Å²) >= 11 is 2.95. The Labute approximate surface area is 135 Å². The summed E-state index contributed by atoms with van der Waals surface area (Å²) in [5.41, 5.74) is 2.24. The topological polar surface area (TPSA) is 65.8 Å². The summed E-state index contributed by atoms with van der Waals surface area (Å²) in [6.45, 7) is 0. The third kappa shape index (κ3) is 3.27. The van der Waals surface area contributed by atoms with Crippen LogP contribution in [0.15, 0.2) is 52.9 Å². The Hall–Kier alpha value is -2.36. The maximum atomic E-state index is 12.1. The lowest BCUT2D eigenvalue weighted by Crippen LogP contribution is -2.11. The van der Waals surface area contributed by atoms with Gasteiger partial charge in [0.1, 0.15) is 0 Å². The molecule has 3 aromatic rings. The first-order chi connectivity index (χ1) is 10.8. The third-order valence-electron chi connectivity index (χ3n) is 2.92. The first-order valence-electron chi connectivity index (χ1n) is 6.53. The van der Waals surface area contributed by atoms with Gasteiger partial charge in [-0.05, 0) is 30.3 Å². The van der Waals surface area contributed by atoms with Crippen LogP contribution in [0.1, 0.15) is 10.4 Å². The van der Waals surface area contributed by atoms with Crippen molar-refractivity contribution in [3.05, 3.63) is 54.1 Å². The molecule has 0 atom stereocenters. The number of aromatic nitrogens is 1. The molecule has 0 saturated heterocycles. The number of thiazole rings is 1. The largest absolute Gasteiger partial charge is 0.322 e. The van der Waals surface area contributed by atoms with Crippen molar-refractivity contribution in [1.29, 1.82) is 5.26 Å². The first-order valence-corrected chi connectivity index (χ1v) is 8.33. The molecule has 0 saturated carbocycles. The zero-order chi connectivity index (χ0) is 15.4. The van der Waals surface area contributed by atoms with Crippen LogP contribution in [-0.2, 0) is 0 Å². The van der Waals surface area contributed by atoms with E-state index in [2.05, 4.69) is 16.4 Å². The average molecular weight is 325 g/mol. The van der Waals surface area contributed by atoms with Crippen molar-refractivity contribution in [2.45, 2.75) is 4.34 Å². The molecule has 0 fully saturated rings. The fourth-order valence-corrected chi connectivity index (χ4v) is 3.70. The highest BCUT2D eigenvalue weighted by molar-refractivity contribution is 8.01. The van der Waals surface area contributed by atoms with Gasteiger partial charge in [0.25, 0.3) is 5.91 Å². The summed E-state index contributed by atoms with van der Waals surface area (Å²) in [6, 6.07) is 16.8. The lowest BCUT2D eigenvalue weighted by atomic mass is 10.2. The number of benzene rings is 2. The van der Waals surface area contributed by atoms with Gasteiger partial charge in [-0.15, -0.1) is 11.3 Å². The van der Waals surface area contributed by atoms with E-state index in [0.717, 1.165) is 20.2 Å². The van der Waals surface area contributed by atoms with E-state index in [9.17, 15) is 4.79 Å². The maximum absolute atomic E-state index is 12.1. The monoisotopic (exact) mass is 325 g/mol. The number of rotatable bonds is 4. The molecule has 0 bridgehead atoms. The van der Waals surface area contributed by atoms with Crippen LogP contribution >= 0.6 is 23.1 Å². The molecular formula is C16H11N3OS2. The van der Waals surface area contributed by atoms with E-state index in [1.807, 2.05) is 36.4 Å². The quantitative estimate of drug-likeness (QED) is 0.731. The predicted molar refractivity (Wildman–Crippen MR) is 90.4 cm³/mol. The number of nitrogens with zero attached hydrogens (tertiary/aromatic N) is 2. The standard InChI is InChI=1S/C16H11N3OS2/c17-8-9-21-16-19-13-7-6-12(10-14(13)22-16)18-15(20)11-4-2-1-3-5-11/h1-7,10H,9H2,(H,18,20). The third-order valence-corrected chi connectivity index (χ3v) is 4.95. The molecule has 4 nitrogen and oxygen atoms in total. The van der Waals surface area contributed by atoms with Gasteiger partial charge in [0.15, 0.2) is 4.34 Å². The summed E-state index contributed by atoms with van der Waals surface area (Å²) in [6.07, 6.45) is 0. The van der Waals surface area contributed by atoms with Crippen LogP contribution in [0.4, 0.5) is 5.69 Å². The fraction of sp³-hybridized carbons (Fsp3) is 0.0625. The van der Waals surface area contributed by atoms with Gasteiger partial charge < -0.3 is 5.32 Å². The van der Waals surface area contributed by atoms with Gasteiger partial charge in [-0.2, -0.15) is 5.26 Å². The summed E-state index contributed by atoms with van der Waals surface area (Å²) in [5, 5.41) is 11.5. The lowest BCUT2D eigenvalue weighted by molar-refractivity contribution is 0.102. The molecule has 0 aliphatic rings. The van der Waals surface area contributed by atoms with Crippen LogP contribution in [0.25, 0.3) is 10.2 Å². The van der Waals surface area contributed by atoms with Crippen LogP contribution < -0.4 is 5.32 Å². The Kier molecular flexibility index (Phi) is 4.37. The van der Waals surface area contributed by atoms with Gasteiger partial charge in [0, 0.05) is 11.3 Å². The number of fused-ring (bicyclic) bond motifs is 1. The Morgan fingerprint density at radius 2 is 2.09 bits per heavy atom. The Bertz CT molecular complexity index is 853. The number of carbonyl (C=O) groups excluding carboxylic acids is 1. The second-order valence-corrected chi connectivity index (χ2v) is 6.68. The highest BCUT2D eigenvalue weighted by Gasteiger charge is 2.08. The summed E-state index contributed by atoms with van der Waals surface area (Å²) in [4.78, 5) is 16.6. The number of nitriles is 1. The molecule has 1 aromatic heterocycles. The van der Waals surface area contributed by atoms with Crippen LogP contribution in [0, 0.1) is 11.3 Å². The van der Waals surface area contributed by atoms with E-state index < -0.39 is 0 Å². The summed E-state index contributed by atoms with van der Waals surface area (Å²) < 4.78 is 1.86. The van der Waals surface area contributed by atoms with E-state index in [0.29, 0.717) is 11.3 Å². The molecule has 2 aromatic carbocycles. The number of carbonyl (C=O) groups is 1. The Morgan fingerprint density at radius 1 is 1.27 bits per heavy atom. The van der Waals surface area contributed by atoms with Crippen molar-refractivity contribution in [1.82, 2.24) is 4.98 Å². The van der Waals surface area contributed by atoms with Crippen LogP contribution in [0.3, 0.4) is 0 Å². The van der Waals surface area contributed by atoms with Crippen LogP contribution in [0.2, 0.25) is 0 Å².